The van der Waals surface area contributed by atoms with E-state index in [2.05, 4.69) is 5.32 Å². The third-order valence-electron chi connectivity index (χ3n) is 2.17. The smallest absolute Gasteiger partial charge is 0.314 e. The van der Waals surface area contributed by atoms with Gasteiger partial charge in [0.2, 0.25) is 5.91 Å². The fraction of sp³-hybridized carbons (Fsp3) is 0.300. The van der Waals surface area contributed by atoms with Gasteiger partial charge in [-0.15, -0.1) is 0 Å². The summed E-state index contributed by atoms with van der Waals surface area (Å²) in [6.07, 6.45) is 0.754. The standard InChI is InChI=1S/C10H14N4O3/c11-7-3-1-4-8(10(7)14(16)17)13-6-2-5-9(12)15/h1,3-4,13H,2,5-6,11H2,(H2,12,15). The minimum absolute atomic E-state index is 0.106. The van der Waals surface area contributed by atoms with E-state index in [0.29, 0.717) is 18.7 Å². The Labute approximate surface area is 97.9 Å². The zero-order chi connectivity index (χ0) is 12.8. The van der Waals surface area contributed by atoms with Crippen molar-refractivity contribution in [3.63, 3.8) is 0 Å². The normalized spacial score (nSPS) is 9.88. The van der Waals surface area contributed by atoms with Crippen LogP contribution < -0.4 is 16.8 Å². The number of rotatable bonds is 6. The van der Waals surface area contributed by atoms with Gasteiger partial charge in [-0.25, -0.2) is 0 Å². The van der Waals surface area contributed by atoms with Crippen LogP contribution in [0.4, 0.5) is 17.1 Å². The first-order chi connectivity index (χ1) is 8.02. The maximum absolute atomic E-state index is 10.8. The van der Waals surface area contributed by atoms with Gasteiger partial charge in [0.25, 0.3) is 0 Å². The Morgan fingerprint density at radius 3 is 2.76 bits per heavy atom. The first-order valence-electron chi connectivity index (χ1n) is 5.07. The van der Waals surface area contributed by atoms with E-state index in [1.807, 2.05) is 0 Å². The molecule has 7 heteroatoms. The van der Waals surface area contributed by atoms with Crippen LogP contribution >= 0.6 is 0 Å². The number of benzene rings is 1. The summed E-state index contributed by atoms with van der Waals surface area (Å²) in [6.45, 7) is 0.424. The summed E-state index contributed by atoms with van der Waals surface area (Å²) in [5.41, 5.74) is 10.8. The number of amides is 1. The van der Waals surface area contributed by atoms with Crippen LogP contribution in [0.1, 0.15) is 12.8 Å². The highest BCUT2D eigenvalue weighted by atomic mass is 16.6. The molecule has 0 unspecified atom stereocenters. The molecule has 0 atom stereocenters. The lowest BCUT2D eigenvalue weighted by Crippen LogP contribution is -2.13. The summed E-state index contributed by atoms with van der Waals surface area (Å²) in [6, 6.07) is 4.66. The van der Waals surface area contributed by atoms with Gasteiger partial charge in [0, 0.05) is 13.0 Å². The van der Waals surface area contributed by atoms with Crippen LogP contribution in [0.15, 0.2) is 18.2 Å². The van der Waals surface area contributed by atoms with Crippen LogP contribution in [-0.4, -0.2) is 17.4 Å². The number of hydrogen-bond acceptors (Lipinski definition) is 5. The number of nitrogens with one attached hydrogen (secondary N) is 1. The van der Waals surface area contributed by atoms with Crippen molar-refractivity contribution in [2.24, 2.45) is 5.73 Å². The van der Waals surface area contributed by atoms with E-state index in [4.69, 9.17) is 11.5 Å². The molecule has 1 aromatic rings. The number of nitrogens with zero attached hydrogens (tertiary/aromatic N) is 1. The van der Waals surface area contributed by atoms with Gasteiger partial charge in [0.15, 0.2) is 0 Å². The van der Waals surface area contributed by atoms with E-state index >= 15 is 0 Å². The van der Waals surface area contributed by atoms with Crippen molar-refractivity contribution in [1.82, 2.24) is 0 Å². The number of anilines is 2. The molecule has 1 aromatic carbocycles. The summed E-state index contributed by atoms with van der Waals surface area (Å²) in [4.78, 5) is 20.8. The highest BCUT2D eigenvalue weighted by Gasteiger charge is 2.16. The Morgan fingerprint density at radius 2 is 2.18 bits per heavy atom. The molecule has 0 aliphatic carbocycles. The number of hydrogen-bond donors (Lipinski definition) is 3. The van der Waals surface area contributed by atoms with Gasteiger partial charge in [0.05, 0.1) is 4.92 Å². The maximum Gasteiger partial charge on any atom is 0.314 e. The molecule has 0 radical (unpaired) electrons. The average molecular weight is 238 g/mol. The van der Waals surface area contributed by atoms with Crippen molar-refractivity contribution in [2.75, 3.05) is 17.6 Å². The second-order valence-corrected chi connectivity index (χ2v) is 3.50. The van der Waals surface area contributed by atoms with E-state index in [-0.39, 0.29) is 17.8 Å². The van der Waals surface area contributed by atoms with Gasteiger partial charge in [-0.2, -0.15) is 0 Å². The van der Waals surface area contributed by atoms with Gasteiger partial charge < -0.3 is 16.8 Å². The highest BCUT2D eigenvalue weighted by Crippen LogP contribution is 2.30. The van der Waals surface area contributed by atoms with E-state index in [0.717, 1.165) is 0 Å². The molecule has 0 saturated heterocycles. The average Bonchev–Trinajstić information content (AvgIpc) is 2.23. The Kier molecular flexibility index (Phi) is 4.27. The first kappa shape index (κ1) is 12.8. The molecule has 1 rings (SSSR count). The molecular weight excluding hydrogens is 224 g/mol. The molecule has 0 aliphatic rings. The summed E-state index contributed by atoms with van der Waals surface area (Å²) in [5.74, 6) is -0.395. The molecule has 0 fully saturated rings. The lowest BCUT2D eigenvalue weighted by atomic mass is 10.2. The summed E-state index contributed by atoms with van der Waals surface area (Å²) >= 11 is 0. The third kappa shape index (κ3) is 3.63. The fourth-order valence-corrected chi connectivity index (χ4v) is 1.39. The monoisotopic (exact) mass is 238 g/mol. The van der Waals surface area contributed by atoms with Gasteiger partial charge in [0.1, 0.15) is 11.4 Å². The van der Waals surface area contributed by atoms with Gasteiger partial charge in [-0.1, -0.05) is 6.07 Å². The van der Waals surface area contributed by atoms with E-state index in [1.54, 1.807) is 12.1 Å². The molecule has 0 saturated carbocycles. The number of carbonyl (C=O) groups is 1. The minimum atomic E-state index is -0.536. The van der Waals surface area contributed by atoms with E-state index < -0.39 is 10.8 Å². The largest absolute Gasteiger partial charge is 0.393 e. The zero-order valence-electron chi connectivity index (χ0n) is 9.18. The number of nitro groups is 1. The summed E-state index contributed by atoms with van der Waals surface area (Å²) < 4.78 is 0. The maximum atomic E-state index is 10.8. The topological polar surface area (TPSA) is 124 Å². The zero-order valence-corrected chi connectivity index (χ0v) is 9.18. The summed E-state index contributed by atoms with van der Waals surface area (Å²) in [7, 11) is 0. The summed E-state index contributed by atoms with van der Waals surface area (Å²) in [5, 5.41) is 13.7. The van der Waals surface area contributed by atoms with Crippen LogP contribution in [0.3, 0.4) is 0 Å². The fourth-order valence-electron chi connectivity index (χ4n) is 1.39. The molecule has 0 bridgehead atoms. The third-order valence-corrected chi connectivity index (χ3v) is 2.17. The van der Waals surface area contributed by atoms with Crippen LogP contribution in [0, 0.1) is 10.1 Å². The lowest BCUT2D eigenvalue weighted by molar-refractivity contribution is -0.383. The lowest BCUT2D eigenvalue weighted by Gasteiger charge is -2.07. The number of nitrogen functional groups attached to an aromatic ring is 1. The van der Waals surface area contributed by atoms with E-state index in [9.17, 15) is 14.9 Å². The van der Waals surface area contributed by atoms with Crippen LogP contribution in [-0.2, 0) is 4.79 Å². The van der Waals surface area contributed by atoms with Gasteiger partial charge in [-0.05, 0) is 18.6 Å². The minimum Gasteiger partial charge on any atom is -0.393 e. The van der Waals surface area contributed by atoms with Crippen molar-refractivity contribution >= 4 is 23.0 Å². The van der Waals surface area contributed by atoms with Crippen molar-refractivity contribution in [3.05, 3.63) is 28.3 Å². The molecule has 1 amide bonds. The number of carbonyl (C=O) groups excluding carboxylic acids is 1. The Morgan fingerprint density at radius 1 is 1.47 bits per heavy atom. The molecule has 0 aliphatic heterocycles. The SMILES string of the molecule is NC(=O)CCCNc1cccc(N)c1[N+](=O)[O-]. The van der Waals surface area contributed by atoms with Crippen LogP contribution in [0.2, 0.25) is 0 Å². The predicted molar refractivity (Wildman–Crippen MR) is 64.4 cm³/mol. The number of para-hydroxylation sites is 1. The van der Waals surface area contributed by atoms with Crippen molar-refractivity contribution < 1.29 is 9.72 Å². The molecule has 0 aromatic heterocycles. The Bertz CT molecular complexity index is 434. The molecule has 0 heterocycles. The Hall–Kier alpha value is -2.31. The second-order valence-electron chi connectivity index (χ2n) is 3.50. The predicted octanol–water partition coefficient (Wildman–Crippen LogP) is 0.854. The first-order valence-corrected chi connectivity index (χ1v) is 5.07. The number of nitro benzene ring substituents is 1. The van der Waals surface area contributed by atoms with Gasteiger partial charge >= 0.3 is 5.69 Å². The molecule has 5 N–H and O–H groups in total. The molecule has 0 spiro atoms. The second kappa shape index (κ2) is 5.69. The highest BCUT2D eigenvalue weighted by molar-refractivity contribution is 5.75. The number of nitrogens with two attached hydrogens (primary N) is 2. The molecule has 17 heavy (non-hydrogen) atoms. The Balaban J connectivity index is 2.67. The molecular formula is C10H14N4O3. The quantitative estimate of drug-likeness (QED) is 0.293. The van der Waals surface area contributed by atoms with Crippen molar-refractivity contribution in [3.8, 4) is 0 Å². The van der Waals surface area contributed by atoms with Crippen molar-refractivity contribution in [2.45, 2.75) is 12.8 Å². The van der Waals surface area contributed by atoms with Crippen molar-refractivity contribution in [1.29, 1.82) is 0 Å². The van der Waals surface area contributed by atoms with Crippen LogP contribution in [0.25, 0.3) is 0 Å². The molecule has 92 valence electrons. The van der Waals surface area contributed by atoms with Gasteiger partial charge in [-0.3, -0.25) is 14.9 Å². The number of primary amides is 1. The van der Waals surface area contributed by atoms with Crippen LogP contribution in [0.5, 0.6) is 0 Å². The molecule has 7 nitrogen and oxygen atoms in total. The van der Waals surface area contributed by atoms with E-state index in [1.165, 1.54) is 6.07 Å².